The maximum Gasteiger partial charge on any atom is 0.337 e. The van der Waals surface area contributed by atoms with Crippen molar-refractivity contribution < 1.29 is 9.53 Å². The van der Waals surface area contributed by atoms with Crippen LogP contribution in [0.3, 0.4) is 0 Å². The standard InChI is InChI=1S/C16H13NO2/c1-19-16(18)12-7-8-15-13(9-12)14(10-17-15)11-5-3-2-4-6-11/h2-10,17H,1H3. The molecule has 3 aromatic rings. The molecule has 0 radical (unpaired) electrons. The Morgan fingerprint density at radius 3 is 2.63 bits per heavy atom. The molecule has 0 fully saturated rings. The summed E-state index contributed by atoms with van der Waals surface area (Å²) in [4.78, 5) is 14.8. The Labute approximate surface area is 110 Å². The lowest BCUT2D eigenvalue weighted by Crippen LogP contribution is -2.00. The number of hydrogen-bond acceptors (Lipinski definition) is 2. The molecule has 3 heteroatoms. The van der Waals surface area contributed by atoms with E-state index in [1.165, 1.54) is 7.11 Å². The number of methoxy groups -OCH3 is 1. The first-order valence-corrected chi connectivity index (χ1v) is 6.04. The van der Waals surface area contributed by atoms with E-state index >= 15 is 0 Å². The van der Waals surface area contributed by atoms with E-state index in [0.717, 1.165) is 22.0 Å². The van der Waals surface area contributed by atoms with E-state index in [4.69, 9.17) is 4.74 Å². The molecule has 0 aliphatic heterocycles. The van der Waals surface area contributed by atoms with Crippen LogP contribution >= 0.6 is 0 Å². The van der Waals surface area contributed by atoms with E-state index in [1.54, 1.807) is 6.07 Å². The van der Waals surface area contributed by atoms with Gasteiger partial charge in [-0.05, 0) is 23.8 Å². The lowest BCUT2D eigenvalue weighted by molar-refractivity contribution is 0.0601. The van der Waals surface area contributed by atoms with Crippen LogP contribution in [0, 0.1) is 0 Å². The second kappa shape index (κ2) is 4.61. The van der Waals surface area contributed by atoms with Crippen molar-refractivity contribution in [2.24, 2.45) is 0 Å². The van der Waals surface area contributed by atoms with Crippen molar-refractivity contribution in [1.29, 1.82) is 0 Å². The highest BCUT2D eigenvalue weighted by atomic mass is 16.5. The first kappa shape index (κ1) is 11.5. The van der Waals surface area contributed by atoms with E-state index in [9.17, 15) is 4.79 Å². The summed E-state index contributed by atoms with van der Waals surface area (Å²) in [5.74, 6) is -0.317. The minimum absolute atomic E-state index is 0.317. The number of nitrogens with one attached hydrogen (secondary N) is 1. The molecular formula is C16H13NO2. The number of hydrogen-bond donors (Lipinski definition) is 1. The van der Waals surface area contributed by atoms with Crippen molar-refractivity contribution in [1.82, 2.24) is 4.98 Å². The summed E-state index contributed by atoms with van der Waals surface area (Å²) in [5.41, 5.74) is 3.77. The molecule has 2 aromatic carbocycles. The van der Waals surface area contributed by atoms with E-state index in [2.05, 4.69) is 4.98 Å². The van der Waals surface area contributed by atoms with E-state index in [-0.39, 0.29) is 5.97 Å². The number of carbonyl (C=O) groups excluding carboxylic acids is 1. The van der Waals surface area contributed by atoms with Crippen molar-refractivity contribution in [3.63, 3.8) is 0 Å². The van der Waals surface area contributed by atoms with Crippen LogP contribution in [0.4, 0.5) is 0 Å². The molecule has 0 aliphatic rings. The summed E-state index contributed by atoms with van der Waals surface area (Å²) >= 11 is 0. The Kier molecular flexibility index (Phi) is 2.80. The Hall–Kier alpha value is -2.55. The van der Waals surface area contributed by atoms with Gasteiger partial charge in [0.2, 0.25) is 0 Å². The summed E-state index contributed by atoms with van der Waals surface area (Å²) in [5, 5.41) is 1.02. The van der Waals surface area contributed by atoms with Crippen LogP contribution < -0.4 is 0 Å². The van der Waals surface area contributed by atoms with Crippen LogP contribution in [-0.4, -0.2) is 18.1 Å². The Morgan fingerprint density at radius 1 is 1.11 bits per heavy atom. The zero-order valence-electron chi connectivity index (χ0n) is 10.5. The number of fused-ring (bicyclic) bond motifs is 1. The van der Waals surface area contributed by atoms with Crippen LogP contribution in [0.5, 0.6) is 0 Å². The third kappa shape index (κ3) is 1.99. The average Bonchev–Trinajstić information content (AvgIpc) is 2.90. The molecule has 0 atom stereocenters. The van der Waals surface area contributed by atoms with Crippen molar-refractivity contribution in [2.45, 2.75) is 0 Å². The molecule has 0 spiro atoms. The minimum atomic E-state index is -0.317. The number of esters is 1. The van der Waals surface area contributed by atoms with Crippen molar-refractivity contribution in [2.75, 3.05) is 7.11 Å². The zero-order chi connectivity index (χ0) is 13.2. The quantitative estimate of drug-likeness (QED) is 0.707. The van der Waals surface area contributed by atoms with Crippen LogP contribution in [0.15, 0.2) is 54.7 Å². The highest BCUT2D eigenvalue weighted by Gasteiger charge is 2.10. The lowest BCUT2D eigenvalue weighted by Gasteiger charge is -2.02. The summed E-state index contributed by atoms with van der Waals surface area (Å²) in [6, 6.07) is 15.6. The van der Waals surface area contributed by atoms with Gasteiger partial charge < -0.3 is 9.72 Å². The number of H-pyrrole nitrogens is 1. The lowest BCUT2D eigenvalue weighted by atomic mass is 10.0. The number of carbonyl (C=O) groups is 1. The van der Waals surface area contributed by atoms with Crippen LogP contribution in [-0.2, 0) is 4.74 Å². The monoisotopic (exact) mass is 251 g/mol. The van der Waals surface area contributed by atoms with Gasteiger partial charge in [0.05, 0.1) is 12.7 Å². The first-order chi connectivity index (χ1) is 9.29. The molecule has 1 heterocycles. The maximum atomic E-state index is 11.6. The molecule has 94 valence electrons. The number of aromatic amines is 1. The van der Waals surface area contributed by atoms with Gasteiger partial charge >= 0.3 is 5.97 Å². The third-order valence-electron chi connectivity index (χ3n) is 3.19. The number of benzene rings is 2. The molecule has 0 saturated carbocycles. The van der Waals surface area contributed by atoms with Crippen LogP contribution in [0.1, 0.15) is 10.4 Å². The number of ether oxygens (including phenoxy) is 1. The average molecular weight is 251 g/mol. The van der Waals surface area contributed by atoms with Gasteiger partial charge in [-0.15, -0.1) is 0 Å². The predicted molar refractivity (Wildman–Crippen MR) is 75.1 cm³/mol. The fraction of sp³-hybridized carbons (Fsp3) is 0.0625. The van der Waals surface area contributed by atoms with Crippen molar-refractivity contribution >= 4 is 16.9 Å². The summed E-state index contributed by atoms with van der Waals surface area (Å²) < 4.78 is 4.76. The van der Waals surface area contributed by atoms with Gasteiger partial charge in [-0.25, -0.2) is 4.79 Å². The fourth-order valence-corrected chi connectivity index (χ4v) is 2.22. The van der Waals surface area contributed by atoms with Gasteiger partial charge in [-0.3, -0.25) is 0 Å². The summed E-state index contributed by atoms with van der Waals surface area (Å²) in [6.07, 6.45) is 1.96. The largest absolute Gasteiger partial charge is 0.465 e. The van der Waals surface area contributed by atoms with Crippen molar-refractivity contribution in [3.05, 3.63) is 60.3 Å². The van der Waals surface area contributed by atoms with Gasteiger partial charge in [0, 0.05) is 22.7 Å². The van der Waals surface area contributed by atoms with Gasteiger partial charge in [-0.2, -0.15) is 0 Å². The van der Waals surface area contributed by atoms with E-state index < -0.39 is 0 Å². The van der Waals surface area contributed by atoms with Gasteiger partial charge in [0.25, 0.3) is 0 Å². The molecule has 0 aliphatic carbocycles. The Balaban J connectivity index is 2.19. The van der Waals surface area contributed by atoms with E-state index in [1.807, 2.05) is 48.7 Å². The van der Waals surface area contributed by atoms with Crippen LogP contribution in [0.25, 0.3) is 22.0 Å². The number of aromatic nitrogens is 1. The smallest absolute Gasteiger partial charge is 0.337 e. The Bertz CT molecular complexity index is 729. The minimum Gasteiger partial charge on any atom is -0.465 e. The number of rotatable bonds is 2. The highest BCUT2D eigenvalue weighted by Crippen LogP contribution is 2.29. The van der Waals surface area contributed by atoms with E-state index in [0.29, 0.717) is 5.56 Å². The van der Waals surface area contributed by atoms with Gasteiger partial charge in [-0.1, -0.05) is 30.3 Å². The molecule has 3 nitrogen and oxygen atoms in total. The first-order valence-electron chi connectivity index (χ1n) is 6.04. The summed E-state index contributed by atoms with van der Waals surface area (Å²) in [6.45, 7) is 0. The maximum absolute atomic E-state index is 11.6. The van der Waals surface area contributed by atoms with Crippen LogP contribution in [0.2, 0.25) is 0 Å². The highest BCUT2D eigenvalue weighted by molar-refractivity contribution is 6.00. The fourth-order valence-electron chi connectivity index (χ4n) is 2.22. The molecule has 0 bridgehead atoms. The Morgan fingerprint density at radius 2 is 1.89 bits per heavy atom. The molecule has 19 heavy (non-hydrogen) atoms. The second-order valence-corrected chi connectivity index (χ2v) is 4.32. The predicted octanol–water partition coefficient (Wildman–Crippen LogP) is 3.62. The second-order valence-electron chi connectivity index (χ2n) is 4.32. The molecular weight excluding hydrogens is 238 g/mol. The molecule has 3 rings (SSSR count). The normalized spacial score (nSPS) is 10.6. The molecule has 1 N–H and O–H groups in total. The van der Waals surface area contributed by atoms with Gasteiger partial charge in [0.15, 0.2) is 0 Å². The van der Waals surface area contributed by atoms with Crippen molar-refractivity contribution in [3.8, 4) is 11.1 Å². The molecule has 1 aromatic heterocycles. The zero-order valence-corrected chi connectivity index (χ0v) is 10.5. The topological polar surface area (TPSA) is 42.1 Å². The SMILES string of the molecule is COC(=O)c1ccc2[nH]cc(-c3ccccc3)c2c1. The summed E-state index contributed by atoms with van der Waals surface area (Å²) in [7, 11) is 1.39. The third-order valence-corrected chi connectivity index (χ3v) is 3.19. The molecule has 0 amide bonds. The molecule has 0 unspecified atom stereocenters. The molecule has 0 saturated heterocycles. The van der Waals surface area contributed by atoms with Gasteiger partial charge in [0.1, 0.15) is 0 Å².